The van der Waals surface area contributed by atoms with Crippen LogP contribution in [0.1, 0.15) is 0 Å². The quantitative estimate of drug-likeness (QED) is 0.428. The van der Waals surface area contributed by atoms with E-state index in [1.807, 2.05) is 0 Å². The summed E-state index contributed by atoms with van der Waals surface area (Å²) in [5.74, 6) is -1.23. The van der Waals surface area contributed by atoms with Crippen LogP contribution in [0, 0.1) is 6.54 Å². The summed E-state index contributed by atoms with van der Waals surface area (Å²) >= 11 is 0. The molecule has 0 saturated carbocycles. The highest BCUT2D eigenvalue weighted by atomic mass is 16.4. The van der Waals surface area contributed by atoms with Crippen LogP contribution >= 0.6 is 0 Å². The first kappa shape index (κ1) is 6.74. The summed E-state index contributed by atoms with van der Waals surface area (Å²) in [4.78, 5) is 19.3. The second-order valence-corrected chi connectivity index (χ2v) is 0.991. The van der Waals surface area contributed by atoms with Crippen molar-refractivity contribution in [1.82, 2.24) is 5.32 Å². The molecule has 0 saturated heterocycles. The fourth-order valence-corrected chi connectivity index (χ4v) is 0.133. The molecule has 0 bridgehead atoms. The van der Waals surface area contributed by atoms with E-state index in [9.17, 15) is 9.59 Å². The van der Waals surface area contributed by atoms with Gasteiger partial charge in [0.2, 0.25) is 0 Å². The minimum absolute atomic E-state index is 0.558. The molecule has 8 heavy (non-hydrogen) atoms. The molecule has 0 aliphatic carbocycles. The maximum Gasteiger partial charge on any atom is 0.329 e. The number of aliphatic carboxylic acids is 1. The molecule has 1 radical (unpaired) electrons. The average molecular weight is 117 g/mol. The van der Waals surface area contributed by atoms with Gasteiger partial charge in [0.1, 0.15) is 0 Å². The maximum absolute atomic E-state index is 9.72. The molecule has 0 aromatic heterocycles. The second kappa shape index (κ2) is 2.84. The molecule has 0 aromatic rings. The lowest BCUT2D eigenvalue weighted by Gasteiger charge is -1.90. The predicted octanol–water partition coefficient (Wildman–Crippen LogP) is -1.10. The van der Waals surface area contributed by atoms with Crippen molar-refractivity contribution in [3.8, 4) is 0 Å². The van der Waals surface area contributed by atoms with Crippen molar-refractivity contribution in [2.75, 3.05) is 0 Å². The fraction of sp³-hybridized carbons (Fsp3) is 0. The number of hydrogen-bond acceptors (Lipinski definition) is 2. The first-order chi connectivity index (χ1) is 3.63. The standard InChI is InChI=1S/C3H5N2O3/c4-3(8)5-1-2(6)7/h1H,(H,6,7)(H3,4,5,8). The summed E-state index contributed by atoms with van der Waals surface area (Å²) in [7, 11) is 0. The van der Waals surface area contributed by atoms with Gasteiger partial charge in [-0.15, -0.1) is 0 Å². The smallest absolute Gasteiger partial charge is 0.329 e. The normalized spacial score (nSPS) is 8.00. The molecule has 0 heterocycles. The highest BCUT2D eigenvalue weighted by molar-refractivity contribution is 5.83. The van der Waals surface area contributed by atoms with E-state index in [0.29, 0.717) is 6.54 Å². The van der Waals surface area contributed by atoms with Crippen LogP contribution in [0.3, 0.4) is 0 Å². The van der Waals surface area contributed by atoms with Gasteiger partial charge in [-0.2, -0.15) is 0 Å². The molecule has 0 spiro atoms. The van der Waals surface area contributed by atoms with Gasteiger partial charge in [0.15, 0.2) is 6.54 Å². The summed E-state index contributed by atoms with van der Waals surface area (Å²) in [5.41, 5.74) is 4.50. The highest BCUT2D eigenvalue weighted by Gasteiger charge is 1.96. The Balaban J connectivity index is 3.18. The van der Waals surface area contributed by atoms with E-state index in [-0.39, 0.29) is 0 Å². The van der Waals surface area contributed by atoms with Gasteiger partial charge >= 0.3 is 12.0 Å². The Kier molecular flexibility index (Phi) is 2.39. The Labute approximate surface area is 45.5 Å². The average Bonchev–Trinajstić information content (AvgIpc) is 1.61. The number of urea groups is 1. The van der Waals surface area contributed by atoms with Crippen LogP contribution < -0.4 is 11.1 Å². The molecule has 5 nitrogen and oxygen atoms in total. The Morgan fingerprint density at radius 3 is 2.25 bits per heavy atom. The molecule has 4 N–H and O–H groups in total. The third-order valence-electron chi connectivity index (χ3n) is 0.338. The lowest BCUT2D eigenvalue weighted by atomic mass is 10.7. The van der Waals surface area contributed by atoms with Crippen molar-refractivity contribution in [3.63, 3.8) is 0 Å². The Hall–Kier alpha value is -1.26. The van der Waals surface area contributed by atoms with Crippen molar-refractivity contribution in [2.24, 2.45) is 5.73 Å². The first-order valence-corrected chi connectivity index (χ1v) is 1.75. The van der Waals surface area contributed by atoms with E-state index in [0.717, 1.165) is 0 Å². The van der Waals surface area contributed by atoms with Crippen LogP contribution in [-0.4, -0.2) is 17.1 Å². The number of rotatable bonds is 2. The van der Waals surface area contributed by atoms with Gasteiger partial charge in [0.25, 0.3) is 0 Å². The number of nitrogens with one attached hydrogen (secondary N) is 1. The van der Waals surface area contributed by atoms with Gasteiger partial charge < -0.3 is 16.2 Å². The number of nitrogens with two attached hydrogens (primary N) is 1. The Bertz CT molecular complexity index is 97.1. The molecule has 0 aliphatic rings. The number of carboxylic acids is 1. The predicted molar refractivity (Wildman–Crippen MR) is 24.7 cm³/mol. The Morgan fingerprint density at radius 1 is 1.62 bits per heavy atom. The van der Waals surface area contributed by atoms with Gasteiger partial charge in [-0.1, -0.05) is 0 Å². The molecule has 0 aromatic carbocycles. The number of carboxylic acid groups (broad SMARTS) is 1. The zero-order valence-electron chi connectivity index (χ0n) is 3.92. The van der Waals surface area contributed by atoms with Crippen LogP contribution in [0.15, 0.2) is 0 Å². The molecule has 0 unspecified atom stereocenters. The first-order valence-electron chi connectivity index (χ1n) is 1.75. The third kappa shape index (κ3) is 4.74. The topological polar surface area (TPSA) is 92.4 Å². The van der Waals surface area contributed by atoms with Gasteiger partial charge in [-0.3, -0.25) is 0 Å². The number of amides is 2. The SMILES string of the molecule is NC(=O)N[CH]C(=O)O. The van der Waals surface area contributed by atoms with E-state index in [1.165, 1.54) is 0 Å². The van der Waals surface area contributed by atoms with E-state index < -0.39 is 12.0 Å². The molecule has 45 valence electrons. The molecule has 0 atom stereocenters. The number of primary amides is 1. The van der Waals surface area contributed by atoms with Crippen LogP contribution in [-0.2, 0) is 4.79 Å². The van der Waals surface area contributed by atoms with Crippen LogP contribution in [0.5, 0.6) is 0 Å². The largest absolute Gasteiger partial charge is 0.480 e. The second-order valence-electron chi connectivity index (χ2n) is 0.991. The van der Waals surface area contributed by atoms with Gasteiger partial charge in [0.05, 0.1) is 0 Å². The summed E-state index contributed by atoms with van der Waals surface area (Å²) in [6.45, 7) is 0.558. The van der Waals surface area contributed by atoms with E-state index in [2.05, 4.69) is 5.73 Å². The molecule has 0 rings (SSSR count). The summed E-state index contributed by atoms with van der Waals surface area (Å²) in [6.07, 6.45) is 0. The van der Waals surface area contributed by atoms with Crippen LogP contribution in [0.2, 0.25) is 0 Å². The lowest BCUT2D eigenvalue weighted by Crippen LogP contribution is -2.29. The zero-order valence-corrected chi connectivity index (χ0v) is 3.92. The van der Waals surface area contributed by atoms with Crippen LogP contribution in [0.25, 0.3) is 0 Å². The highest BCUT2D eigenvalue weighted by Crippen LogP contribution is 1.65. The number of carbonyl (C=O) groups excluding carboxylic acids is 1. The lowest BCUT2D eigenvalue weighted by molar-refractivity contribution is -0.133. The van der Waals surface area contributed by atoms with Crippen molar-refractivity contribution >= 4 is 12.0 Å². The van der Waals surface area contributed by atoms with Crippen molar-refractivity contribution in [3.05, 3.63) is 6.54 Å². The molecule has 0 fully saturated rings. The van der Waals surface area contributed by atoms with Gasteiger partial charge in [-0.25, -0.2) is 9.59 Å². The van der Waals surface area contributed by atoms with Crippen molar-refractivity contribution < 1.29 is 14.7 Å². The summed E-state index contributed by atoms with van der Waals surface area (Å²) in [5, 5.41) is 9.60. The Morgan fingerprint density at radius 2 is 2.12 bits per heavy atom. The molecule has 2 amide bonds. The molecular weight excluding hydrogens is 112 g/mol. The van der Waals surface area contributed by atoms with Gasteiger partial charge in [-0.05, 0) is 0 Å². The number of carbonyl (C=O) groups is 2. The van der Waals surface area contributed by atoms with Crippen LogP contribution in [0.4, 0.5) is 4.79 Å². The van der Waals surface area contributed by atoms with E-state index in [4.69, 9.17) is 5.11 Å². The summed E-state index contributed by atoms with van der Waals surface area (Å²) < 4.78 is 0. The van der Waals surface area contributed by atoms with E-state index >= 15 is 0 Å². The van der Waals surface area contributed by atoms with Gasteiger partial charge in [0, 0.05) is 0 Å². The monoisotopic (exact) mass is 117 g/mol. The minimum Gasteiger partial charge on any atom is -0.480 e. The zero-order chi connectivity index (χ0) is 6.57. The fourth-order valence-electron chi connectivity index (χ4n) is 0.133. The third-order valence-corrected chi connectivity index (χ3v) is 0.338. The number of hydrogen-bond donors (Lipinski definition) is 3. The molecule has 5 heteroatoms. The molecule has 0 aliphatic heterocycles. The summed E-state index contributed by atoms with van der Waals surface area (Å²) in [6, 6.07) is -0.882. The minimum atomic E-state index is -1.23. The molecular formula is C3H5N2O3. The maximum atomic E-state index is 9.72. The van der Waals surface area contributed by atoms with Crippen molar-refractivity contribution in [1.29, 1.82) is 0 Å². The van der Waals surface area contributed by atoms with Crippen molar-refractivity contribution in [2.45, 2.75) is 0 Å². The van der Waals surface area contributed by atoms with E-state index in [1.54, 1.807) is 5.32 Å².